The van der Waals surface area contributed by atoms with Crippen LogP contribution in [0.3, 0.4) is 0 Å². The smallest absolute Gasteiger partial charge is 0.358 e. The van der Waals surface area contributed by atoms with Crippen LogP contribution in [0.5, 0.6) is 0 Å². The van der Waals surface area contributed by atoms with Gasteiger partial charge in [0, 0.05) is 11.8 Å². The highest BCUT2D eigenvalue weighted by Gasteiger charge is 2.19. The molecule has 0 bridgehead atoms. The van der Waals surface area contributed by atoms with E-state index in [4.69, 9.17) is 4.74 Å². The van der Waals surface area contributed by atoms with Gasteiger partial charge in [-0.3, -0.25) is 9.20 Å². The van der Waals surface area contributed by atoms with Gasteiger partial charge in [-0.1, -0.05) is 18.2 Å². The number of nitrogens with zero attached hydrogens (tertiary/aromatic N) is 4. The molecule has 2 aromatic heterocycles. The number of esters is 1. The number of hydrogen-bond acceptors (Lipinski definition) is 6. The number of amides is 1. The van der Waals surface area contributed by atoms with E-state index >= 15 is 0 Å². The van der Waals surface area contributed by atoms with Crippen molar-refractivity contribution in [1.29, 1.82) is 5.26 Å². The largest absolute Gasteiger partial charge is 0.458 e. The number of imidazole rings is 1. The van der Waals surface area contributed by atoms with E-state index < -0.39 is 11.9 Å². The molecule has 3 rings (SSSR count). The van der Waals surface area contributed by atoms with Gasteiger partial charge < -0.3 is 10.1 Å². The molecule has 1 amide bonds. The number of benzene rings is 1. The zero-order valence-electron chi connectivity index (χ0n) is 14.1. The summed E-state index contributed by atoms with van der Waals surface area (Å²) in [6.45, 7) is 3.44. The number of carbonyl (C=O) groups excluding carboxylic acids is 2. The van der Waals surface area contributed by atoms with E-state index in [0.717, 1.165) is 0 Å². The van der Waals surface area contributed by atoms with Crippen molar-refractivity contribution in [2.24, 2.45) is 0 Å². The molecule has 0 aliphatic carbocycles. The fourth-order valence-corrected chi connectivity index (χ4v) is 2.34. The average molecular weight is 349 g/mol. The first-order valence-corrected chi connectivity index (χ1v) is 7.84. The summed E-state index contributed by atoms with van der Waals surface area (Å²) in [4.78, 5) is 32.8. The standard InChI is InChI=1S/C18H15N5O3/c1-11(2)26-18(25)14-9-23-10-20-13(8-19)15(23)16(21-14)22-17(24)12-6-4-3-5-7-12/h3-7,9-11H,1-2H3,(H,21,22,24). The molecule has 1 N–H and O–H groups in total. The first-order valence-electron chi connectivity index (χ1n) is 7.84. The van der Waals surface area contributed by atoms with E-state index in [1.165, 1.54) is 16.9 Å². The normalized spacial score (nSPS) is 10.5. The van der Waals surface area contributed by atoms with Gasteiger partial charge in [-0.2, -0.15) is 5.26 Å². The molecule has 0 unspecified atom stereocenters. The summed E-state index contributed by atoms with van der Waals surface area (Å²) in [6.07, 6.45) is 2.46. The average Bonchev–Trinajstić information content (AvgIpc) is 3.05. The lowest BCUT2D eigenvalue weighted by molar-refractivity contribution is 0.0370. The van der Waals surface area contributed by atoms with Crippen LogP contribution < -0.4 is 5.32 Å². The molecule has 0 spiro atoms. The van der Waals surface area contributed by atoms with E-state index in [9.17, 15) is 14.9 Å². The third-order valence-electron chi connectivity index (χ3n) is 3.44. The lowest BCUT2D eigenvalue weighted by Gasteiger charge is -2.11. The molecule has 0 aliphatic heterocycles. The Hall–Kier alpha value is -3.73. The summed E-state index contributed by atoms with van der Waals surface area (Å²) in [6, 6.07) is 10.5. The number of rotatable bonds is 4. The summed E-state index contributed by atoms with van der Waals surface area (Å²) in [5.74, 6) is -0.991. The Morgan fingerprint density at radius 2 is 2.00 bits per heavy atom. The highest BCUT2D eigenvalue weighted by molar-refractivity contribution is 6.06. The molecule has 0 aliphatic rings. The molecule has 3 aromatic rings. The minimum Gasteiger partial charge on any atom is -0.458 e. The number of ether oxygens (including phenoxy) is 1. The second-order valence-corrected chi connectivity index (χ2v) is 5.71. The molecule has 130 valence electrons. The molecule has 1 aromatic carbocycles. The zero-order chi connectivity index (χ0) is 18.7. The van der Waals surface area contributed by atoms with Crippen molar-refractivity contribution in [1.82, 2.24) is 14.4 Å². The van der Waals surface area contributed by atoms with Gasteiger partial charge in [0.1, 0.15) is 17.9 Å². The molecular formula is C18H15N5O3. The topological polar surface area (TPSA) is 109 Å². The maximum atomic E-state index is 12.5. The maximum absolute atomic E-state index is 12.5. The quantitative estimate of drug-likeness (QED) is 0.724. The van der Waals surface area contributed by atoms with Crippen LogP contribution in [0.15, 0.2) is 42.9 Å². The third kappa shape index (κ3) is 3.37. The van der Waals surface area contributed by atoms with Crippen LogP contribution in [-0.4, -0.2) is 32.3 Å². The minimum absolute atomic E-state index is 0.00329. The molecule has 0 saturated carbocycles. The van der Waals surface area contributed by atoms with Gasteiger partial charge in [0.05, 0.1) is 6.10 Å². The van der Waals surface area contributed by atoms with E-state index in [1.807, 2.05) is 6.07 Å². The third-order valence-corrected chi connectivity index (χ3v) is 3.44. The molecule has 0 radical (unpaired) electrons. The Morgan fingerprint density at radius 1 is 1.27 bits per heavy atom. The predicted molar refractivity (Wildman–Crippen MR) is 92.6 cm³/mol. The number of carbonyl (C=O) groups is 2. The van der Waals surface area contributed by atoms with E-state index in [1.54, 1.807) is 44.2 Å². The van der Waals surface area contributed by atoms with Crippen LogP contribution in [0.25, 0.3) is 5.52 Å². The second kappa shape index (κ2) is 7.03. The van der Waals surface area contributed by atoms with Crippen molar-refractivity contribution in [3.63, 3.8) is 0 Å². The molecule has 26 heavy (non-hydrogen) atoms. The number of nitriles is 1. The van der Waals surface area contributed by atoms with E-state index in [-0.39, 0.29) is 23.3 Å². The first-order chi connectivity index (χ1) is 12.5. The fraction of sp³-hybridized carbons (Fsp3) is 0.167. The van der Waals surface area contributed by atoms with Crippen LogP contribution in [-0.2, 0) is 4.74 Å². The van der Waals surface area contributed by atoms with Gasteiger partial charge in [0.2, 0.25) is 0 Å². The van der Waals surface area contributed by atoms with Crippen LogP contribution >= 0.6 is 0 Å². The predicted octanol–water partition coefficient (Wildman–Crippen LogP) is 2.42. The van der Waals surface area contributed by atoms with E-state index in [2.05, 4.69) is 15.3 Å². The lowest BCUT2D eigenvalue weighted by atomic mass is 10.2. The van der Waals surface area contributed by atoms with Crippen molar-refractivity contribution in [3.8, 4) is 6.07 Å². The van der Waals surface area contributed by atoms with Gasteiger partial charge in [-0.05, 0) is 26.0 Å². The monoisotopic (exact) mass is 349 g/mol. The highest BCUT2D eigenvalue weighted by Crippen LogP contribution is 2.20. The van der Waals surface area contributed by atoms with Crippen LogP contribution in [0.4, 0.5) is 5.82 Å². The number of aromatic nitrogens is 3. The molecule has 2 heterocycles. The first kappa shape index (κ1) is 17.1. The molecular weight excluding hydrogens is 334 g/mol. The zero-order valence-corrected chi connectivity index (χ0v) is 14.1. The number of hydrogen-bond donors (Lipinski definition) is 1. The number of anilines is 1. The fourth-order valence-electron chi connectivity index (χ4n) is 2.34. The number of nitrogens with one attached hydrogen (secondary N) is 1. The Balaban J connectivity index is 2.06. The van der Waals surface area contributed by atoms with Crippen molar-refractivity contribution in [2.75, 3.05) is 5.32 Å². The van der Waals surface area contributed by atoms with Crippen molar-refractivity contribution in [2.45, 2.75) is 20.0 Å². The summed E-state index contributed by atoms with van der Waals surface area (Å²) >= 11 is 0. The highest BCUT2D eigenvalue weighted by atomic mass is 16.5. The van der Waals surface area contributed by atoms with Gasteiger partial charge in [0.15, 0.2) is 17.2 Å². The Morgan fingerprint density at radius 3 is 2.65 bits per heavy atom. The van der Waals surface area contributed by atoms with Gasteiger partial charge in [-0.25, -0.2) is 14.8 Å². The summed E-state index contributed by atoms with van der Waals surface area (Å²) in [5, 5.41) is 11.9. The molecule has 8 heteroatoms. The van der Waals surface area contributed by atoms with Crippen LogP contribution in [0.2, 0.25) is 0 Å². The van der Waals surface area contributed by atoms with Crippen LogP contribution in [0, 0.1) is 11.3 Å². The molecule has 0 fully saturated rings. The van der Waals surface area contributed by atoms with Crippen molar-refractivity contribution < 1.29 is 14.3 Å². The Kier molecular flexibility index (Phi) is 4.62. The van der Waals surface area contributed by atoms with Crippen molar-refractivity contribution in [3.05, 3.63) is 59.8 Å². The van der Waals surface area contributed by atoms with E-state index in [0.29, 0.717) is 11.1 Å². The lowest BCUT2D eigenvalue weighted by Crippen LogP contribution is -2.18. The van der Waals surface area contributed by atoms with Crippen molar-refractivity contribution >= 4 is 23.2 Å². The van der Waals surface area contributed by atoms with Gasteiger partial charge in [0.25, 0.3) is 5.91 Å². The minimum atomic E-state index is -0.635. The summed E-state index contributed by atoms with van der Waals surface area (Å²) in [7, 11) is 0. The summed E-state index contributed by atoms with van der Waals surface area (Å²) < 4.78 is 6.61. The summed E-state index contributed by atoms with van der Waals surface area (Å²) in [5.41, 5.74) is 0.805. The molecule has 0 atom stereocenters. The molecule has 8 nitrogen and oxygen atoms in total. The Bertz CT molecular complexity index is 1020. The second-order valence-electron chi connectivity index (χ2n) is 5.71. The number of fused-ring (bicyclic) bond motifs is 1. The van der Waals surface area contributed by atoms with Crippen LogP contribution in [0.1, 0.15) is 40.4 Å². The van der Waals surface area contributed by atoms with Gasteiger partial charge >= 0.3 is 5.97 Å². The molecule has 0 saturated heterocycles. The van der Waals surface area contributed by atoms with Gasteiger partial charge in [-0.15, -0.1) is 0 Å². The maximum Gasteiger partial charge on any atom is 0.358 e. The SMILES string of the molecule is CC(C)OC(=O)c1cn2cnc(C#N)c2c(NC(=O)c2ccccc2)n1. The Labute approximate surface area is 149 Å².